The summed E-state index contributed by atoms with van der Waals surface area (Å²) in [5.41, 5.74) is 0.687. The number of rotatable bonds is 2. The third-order valence-electron chi connectivity index (χ3n) is 5.51. The molecule has 0 spiro atoms. The van der Waals surface area contributed by atoms with Crippen molar-refractivity contribution in [3.8, 4) is 5.75 Å². The molecule has 0 aromatic heterocycles. The second-order valence-electron chi connectivity index (χ2n) is 7.18. The second kappa shape index (κ2) is 7.47. The Labute approximate surface area is 159 Å². The van der Waals surface area contributed by atoms with Crippen LogP contribution in [0.5, 0.6) is 5.75 Å². The lowest BCUT2D eigenvalue weighted by Crippen LogP contribution is -2.53. The number of nitrogens with zero attached hydrogens (tertiary/aromatic N) is 3. The van der Waals surface area contributed by atoms with Crippen LogP contribution in [0.4, 0.5) is 4.79 Å². The van der Waals surface area contributed by atoms with Gasteiger partial charge in [-0.05, 0) is 47.9 Å². The van der Waals surface area contributed by atoms with E-state index in [0.29, 0.717) is 31.7 Å². The van der Waals surface area contributed by atoms with Crippen molar-refractivity contribution < 1.29 is 14.3 Å². The predicted octanol–water partition coefficient (Wildman–Crippen LogP) is 2.82. The number of likely N-dealkylation sites (tertiary alicyclic amines) is 1. The van der Waals surface area contributed by atoms with Crippen LogP contribution in [-0.2, 0) is 0 Å². The van der Waals surface area contributed by atoms with E-state index in [1.807, 2.05) is 51.1 Å². The van der Waals surface area contributed by atoms with Gasteiger partial charge in [-0.15, -0.1) is 0 Å². The summed E-state index contributed by atoms with van der Waals surface area (Å²) in [5, 5.41) is 2.07. The molecular weight excluding hydrogens is 342 g/mol. The smallest absolute Gasteiger partial charge is 0.320 e. The van der Waals surface area contributed by atoms with Crippen LogP contribution in [0.25, 0.3) is 10.8 Å². The van der Waals surface area contributed by atoms with Crippen molar-refractivity contribution in [3.05, 3.63) is 42.0 Å². The van der Waals surface area contributed by atoms with Crippen LogP contribution < -0.4 is 4.74 Å². The maximum absolute atomic E-state index is 12.9. The molecule has 0 atom stereocenters. The molecule has 3 amide bonds. The van der Waals surface area contributed by atoms with Crippen molar-refractivity contribution in [2.24, 2.45) is 0 Å². The highest BCUT2D eigenvalue weighted by atomic mass is 16.5. The Hall–Kier alpha value is -2.76. The van der Waals surface area contributed by atoms with Crippen molar-refractivity contribution in [1.29, 1.82) is 0 Å². The van der Waals surface area contributed by atoms with Crippen LogP contribution in [0.2, 0.25) is 0 Å². The normalized spacial score (nSPS) is 17.4. The molecule has 0 N–H and O–H groups in total. The molecule has 2 aliphatic heterocycles. The lowest BCUT2D eigenvalue weighted by molar-refractivity contribution is 0.0645. The standard InChI is InChI=1S/C21H25N3O3/c1-27-19-7-6-16-14-18(5-4-17(16)15-19)20(25)22-10-12-24(13-11-22)21(26)23-8-2-3-9-23/h4-7,14-15H,2-3,8-13H2,1H3. The summed E-state index contributed by atoms with van der Waals surface area (Å²) in [7, 11) is 1.65. The molecule has 0 saturated carbocycles. The summed E-state index contributed by atoms with van der Waals surface area (Å²) in [4.78, 5) is 31.0. The van der Waals surface area contributed by atoms with Gasteiger partial charge in [-0.1, -0.05) is 12.1 Å². The number of methoxy groups -OCH3 is 1. The molecule has 2 aliphatic rings. The van der Waals surface area contributed by atoms with Gasteiger partial charge in [0.25, 0.3) is 5.91 Å². The molecular formula is C21H25N3O3. The van der Waals surface area contributed by atoms with Crippen molar-refractivity contribution in [3.63, 3.8) is 0 Å². The number of piperazine rings is 1. The predicted molar refractivity (Wildman–Crippen MR) is 104 cm³/mol. The summed E-state index contributed by atoms with van der Waals surface area (Å²) in [6.45, 7) is 4.09. The first-order chi connectivity index (χ1) is 13.2. The Balaban J connectivity index is 1.41. The van der Waals surface area contributed by atoms with E-state index < -0.39 is 0 Å². The minimum absolute atomic E-state index is 0.0287. The van der Waals surface area contributed by atoms with Crippen LogP contribution in [0.3, 0.4) is 0 Å². The number of hydrogen-bond acceptors (Lipinski definition) is 3. The summed E-state index contributed by atoms with van der Waals surface area (Å²) in [6.07, 6.45) is 2.19. The largest absolute Gasteiger partial charge is 0.497 e. The topological polar surface area (TPSA) is 53.1 Å². The first-order valence-electron chi connectivity index (χ1n) is 9.56. The van der Waals surface area contributed by atoms with E-state index in [4.69, 9.17) is 4.74 Å². The fraction of sp³-hybridized carbons (Fsp3) is 0.429. The Morgan fingerprint density at radius 2 is 1.37 bits per heavy atom. The molecule has 2 aromatic carbocycles. The van der Waals surface area contributed by atoms with Crippen molar-refractivity contribution in [2.75, 3.05) is 46.4 Å². The minimum Gasteiger partial charge on any atom is -0.497 e. The molecule has 142 valence electrons. The molecule has 27 heavy (non-hydrogen) atoms. The lowest BCUT2D eigenvalue weighted by atomic mass is 10.1. The van der Waals surface area contributed by atoms with E-state index in [9.17, 15) is 9.59 Å². The molecule has 4 rings (SSSR count). The van der Waals surface area contributed by atoms with E-state index in [0.717, 1.165) is 42.5 Å². The van der Waals surface area contributed by atoms with Gasteiger partial charge in [0, 0.05) is 44.8 Å². The highest BCUT2D eigenvalue weighted by molar-refractivity contribution is 5.99. The number of fused-ring (bicyclic) bond motifs is 1. The van der Waals surface area contributed by atoms with Crippen LogP contribution in [-0.4, -0.2) is 73.0 Å². The fourth-order valence-corrected chi connectivity index (χ4v) is 3.88. The van der Waals surface area contributed by atoms with Crippen molar-refractivity contribution in [1.82, 2.24) is 14.7 Å². The maximum atomic E-state index is 12.9. The fourth-order valence-electron chi connectivity index (χ4n) is 3.88. The van der Waals surface area contributed by atoms with Gasteiger partial charge in [-0.2, -0.15) is 0 Å². The number of carbonyl (C=O) groups is 2. The zero-order valence-electron chi connectivity index (χ0n) is 15.7. The number of hydrogen-bond donors (Lipinski definition) is 0. The van der Waals surface area contributed by atoms with E-state index in [1.54, 1.807) is 7.11 Å². The van der Waals surface area contributed by atoms with Gasteiger partial charge in [0.15, 0.2) is 0 Å². The zero-order chi connectivity index (χ0) is 18.8. The highest BCUT2D eigenvalue weighted by Gasteiger charge is 2.28. The van der Waals surface area contributed by atoms with Gasteiger partial charge in [0.05, 0.1) is 7.11 Å². The summed E-state index contributed by atoms with van der Waals surface area (Å²) in [6, 6.07) is 11.7. The monoisotopic (exact) mass is 367 g/mol. The Kier molecular flexibility index (Phi) is 4.88. The molecule has 2 aromatic rings. The Morgan fingerprint density at radius 3 is 2.07 bits per heavy atom. The lowest BCUT2D eigenvalue weighted by Gasteiger charge is -2.36. The third-order valence-corrected chi connectivity index (χ3v) is 5.51. The average Bonchev–Trinajstić information content (AvgIpc) is 3.27. The van der Waals surface area contributed by atoms with Gasteiger partial charge in [-0.25, -0.2) is 4.79 Å². The molecule has 6 heteroatoms. The van der Waals surface area contributed by atoms with Gasteiger partial charge < -0.3 is 19.4 Å². The minimum atomic E-state index is 0.0287. The van der Waals surface area contributed by atoms with E-state index in [2.05, 4.69) is 0 Å². The Morgan fingerprint density at radius 1 is 0.778 bits per heavy atom. The molecule has 2 heterocycles. The second-order valence-corrected chi connectivity index (χ2v) is 7.18. The van der Waals surface area contributed by atoms with Gasteiger partial charge in [0.1, 0.15) is 5.75 Å². The molecule has 2 saturated heterocycles. The van der Waals surface area contributed by atoms with Gasteiger partial charge >= 0.3 is 6.03 Å². The number of benzene rings is 2. The molecule has 2 fully saturated rings. The number of urea groups is 1. The SMILES string of the molecule is COc1ccc2cc(C(=O)N3CCN(C(=O)N4CCCC4)CC3)ccc2c1. The molecule has 0 radical (unpaired) electrons. The average molecular weight is 367 g/mol. The first-order valence-corrected chi connectivity index (χ1v) is 9.56. The molecule has 0 aliphatic carbocycles. The number of carbonyl (C=O) groups excluding carboxylic acids is 2. The zero-order valence-corrected chi connectivity index (χ0v) is 15.7. The number of amides is 3. The van der Waals surface area contributed by atoms with Crippen LogP contribution >= 0.6 is 0 Å². The highest BCUT2D eigenvalue weighted by Crippen LogP contribution is 2.23. The van der Waals surface area contributed by atoms with Gasteiger partial charge in [-0.3, -0.25) is 4.79 Å². The first kappa shape index (κ1) is 17.6. The van der Waals surface area contributed by atoms with E-state index in [-0.39, 0.29) is 11.9 Å². The van der Waals surface area contributed by atoms with Gasteiger partial charge in [0.2, 0.25) is 0 Å². The number of ether oxygens (including phenoxy) is 1. The molecule has 0 bridgehead atoms. The third kappa shape index (κ3) is 3.56. The molecule has 6 nitrogen and oxygen atoms in total. The summed E-state index contributed by atoms with van der Waals surface area (Å²) >= 11 is 0. The maximum Gasteiger partial charge on any atom is 0.320 e. The summed E-state index contributed by atoms with van der Waals surface area (Å²) in [5.74, 6) is 0.835. The van der Waals surface area contributed by atoms with Crippen molar-refractivity contribution in [2.45, 2.75) is 12.8 Å². The Bertz CT molecular complexity index is 853. The van der Waals surface area contributed by atoms with Crippen LogP contribution in [0.1, 0.15) is 23.2 Å². The quantitative estimate of drug-likeness (QED) is 0.820. The van der Waals surface area contributed by atoms with Crippen LogP contribution in [0.15, 0.2) is 36.4 Å². The molecule has 0 unspecified atom stereocenters. The van der Waals surface area contributed by atoms with Crippen LogP contribution in [0, 0.1) is 0 Å². The van der Waals surface area contributed by atoms with E-state index >= 15 is 0 Å². The van der Waals surface area contributed by atoms with Crippen molar-refractivity contribution >= 4 is 22.7 Å². The summed E-state index contributed by atoms with van der Waals surface area (Å²) < 4.78 is 5.25. The van der Waals surface area contributed by atoms with E-state index in [1.165, 1.54) is 0 Å².